The molecule has 0 aliphatic carbocycles. The number of benzene rings is 1. The monoisotopic (exact) mass is 366 g/mol. The maximum Gasteiger partial charge on any atom is 0.224 e. The number of aliphatic hydroxyl groups excluding tert-OH is 1. The van der Waals surface area contributed by atoms with E-state index in [0.29, 0.717) is 36.5 Å². The second-order valence-electron chi connectivity index (χ2n) is 5.80. The van der Waals surface area contributed by atoms with E-state index in [1.54, 1.807) is 6.07 Å². The van der Waals surface area contributed by atoms with Gasteiger partial charge >= 0.3 is 0 Å². The average Bonchev–Trinajstić information content (AvgIpc) is 3.14. The Morgan fingerprint density at radius 1 is 1.28 bits per heavy atom. The number of halogens is 2. The Balaban J connectivity index is 1.77. The summed E-state index contributed by atoms with van der Waals surface area (Å²) in [6.45, 7) is 2.14. The standard InChI is InChI=1S/C17H20ClFN4O2/c18-14-7-13(19)2-1-11(14)9-21-16-8-15(12-3-6-25-10-12)22-17(23-16)20-4-5-24/h1-2,7-8,12,24H,3-6,9-10H2,(H2,20,21,22,23)/t12-/m1/s1. The highest BCUT2D eigenvalue weighted by Crippen LogP contribution is 2.26. The number of aliphatic hydroxyl groups is 1. The zero-order valence-corrected chi connectivity index (χ0v) is 14.4. The fraction of sp³-hybridized carbons (Fsp3) is 0.412. The van der Waals surface area contributed by atoms with Gasteiger partial charge in [-0.1, -0.05) is 17.7 Å². The summed E-state index contributed by atoms with van der Waals surface area (Å²) in [5.74, 6) is 0.950. The summed E-state index contributed by atoms with van der Waals surface area (Å²) in [5.41, 5.74) is 1.66. The first-order valence-corrected chi connectivity index (χ1v) is 8.53. The van der Waals surface area contributed by atoms with E-state index in [1.807, 2.05) is 6.07 Å². The Bertz CT molecular complexity index is 726. The molecule has 1 aliphatic rings. The minimum absolute atomic E-state index is 0.00588. The van der Waals surface area contributed by atoms with Crippen LogP contribution >= 0.6 is 11.6 Å². The van der Waals surface area contributed by atoms with Crippen LogP contribution in [-0.4, -0.2) is 41.4 Å². The lowest BCUT2D eigenvalue weighted by atomic mass is 10.0. The van der Waals surface area contributed by atoms with E-state index in [9.17, 15) is 4.39 Å². The highest BCUT2D eigenvalue weighted by Gasteiger charge is 2.20. The molecule has 1 atom stereocenters. The van der Waals surface area contributed by atoms with Crippen LogP contribution < -0.4 is 10.6 Å². The first-order chi connectivity index (χ1) is 12.2. The van der Waals surface area contributed by atoms with Crippen molar-refractivity contribution >= 4 is 23.4 Å². The largest absolute Gasteiger partial charge is 0.395 e. The normalized spacial score (nSPS) is 16.8. The molecule has 2 heterocycles. The third-order valence-electron chi connectivity index (χ3n) is 3.96. The minimum Gasteiger partial charge on any atom is -0.395 e. The van der Waals surface area contributed by atoms with Crippen LogP contribution in [-0.2, 0) is 11.3 Å². The molecular formula is C17H20ClFN4O2. The highest BCUT2D eigenvalue weighted by molar-refractivity contribution is 6.31. The van der Waals surface area contributed by atoms with E-state index in [2.05, 4.69) is 20.6 Å². The molecule has 1 saturated heterocycles. The molecule has 0 radical (unpaired) electrons. The fourth-order valence-electron chi connectivity index (χ4n) is 2.63. The molecule has 1 fully saturated rings. The third kappa shape index (κ3) is 4.78. The topological polar surface area (TPSA) is 79.3 Å². The summed E-state index contributed by atoms with van der Waals surface area (Å²) < 4.78 is 18.6. The molecule has 3 N–H and O–H groups in total. The van der Waals surface area contributed by atoms with Gasteiger partial charge in [0.15, 0.2) is 0 Å². The summed E-state index contributed by atoms with van der Waals surface area (Å²) in [4.78, 5) is 8.91. The van der Waals surface area contributed by atoms with Crippen LogP contribution in [0.3, 0.4) is 0 Å². The van der Waals surface area contributed by atoms with E-state index in [-0.39, 0.29) is 18.3 Å². The Labute approximate surface area is 150 Å². The van der Waals surface area contributed by atoms with Crippen molar-refractivity contribution in [2.24, 2.45) is 0 Å². The van der Waals surface area contributed by atoms with Crippen molar-refractivity contribution in [3.05, 3.63) is 46.4 Å². The van der Waals surface area contributed by atoms with Crippen molar-refractivity contribution in [1.29, 1.82) is 0 Å². The lowest BCUT2D eigenvalue weighted by Crippen LogP contribution is -2.13. The molecule has 0 bridgehead atoms. The molecule has 0 amide bonds. The van der Waals surface area contributed by atoms with Gasteiger partial charge < -0.3 is 20.5 Å². The second kappa shape index (κ2) is 8.42. The van der Waals surface area contributed by atoms with Gasteiger partial charge in [0.2, 0.25) is 5.95 Å². The molecule has 134 valence electrons. The Morgan fingerprint density at radius 2 is 2.16 bits per heavy atom. The van der Waals surface area contributed by atoms with E-state index in [1.165, 1.54) is 12.1 Å². The number of nitrogens with zero attached hydrogens (tertiary/aromatic N) is 2. The highest BCUT2D eigenvalue weighted by atomic mass is 35.5. The minimum atomic E-state index is -0.366. The fourth-order valence-corrected chi connectivity index (χ4v) is 2.87. The van der Waals surface area contributed by atoms with Crippen LogP contribution in [0.5, 0.6) is 0 Å². The number of rotatable bonds is 7. The van der Waals surface area contributed by atoms with Crippen LogP contribution in [0.15, 0.2) is 24.3 Å². The summed E-state index contributed by atoms with van der Waals surface area (Å²) in [7, 11) is 0. The summed E-state index contributed by atoms with van der Waals surface area (Å²) >= 11 is 6.06. The van der Waals surface area contributed by atoms with Gasteiger partial charge in [-0.25, -0.2) is 9.37 Å². The van der Waals surface area contributed by atoms with Crippen LogP contribution in [0.25, 0.3) is 0 Å². The maximum absolute atomic E-state index is 13.1. The lowest BCUT2D eigenvalue weighted by Gasteiger charge is -2.14. The van der Waals surface area contributed by atoms with Gasteiger partial charge in [0.25, 0.3) is 0 Å². The molecule has 6 nitrogen and oxygen atoms in total. The van der Waals surface area contributed by atoms with Crippen molar-refractivity contribution in [2.75, 3.05) is 37.0 Å². The Hall–Kier alpha value is -1.96. The van der Waals surface area contributed by atoms with Gasteiger partial charge in [-0.15, -0.1) is 0 Å². The summed E-state index contributed by atoms with van der Waals surface area (Å²) in [6.07, 6.45) is 0.916. The van der Waals surface area contributed by atoms with Crippen LogP contribution in [0.4, 0.5) is 16.2 Å². The molecule has 25 heavy (non-hydrogen) atoms. The Kier molecular flexibility index (Phi) is 6.01. The maximum atomic E-state index is 13.1. The van der Waals surface area contributed by atoms with Crippen LogP contribution in [0, 0.1) is 5.82 Å². The quantitative estimate of drug-likeness (QED) is 0.699. The smallest absolute Gasteiger partial charge is 0.224 e. The van der Waals surface area contributed by atoms with Gasteiger partial charge in [0, 0.05) is 36.7 Å². The molecule has 1 aromatic carbocycles. The second-order valence-corrected chi connectivity index (χ2v) is 6.21. The van der Waals surface area contributed by atoms with Gasteiger partial charge in [-0.2, -0.15) is 4.98 Å². The van der Waals surface area contributed by atoms with Crippen molar-refractivity contribution in [2.45, 2.75) is 18.9 Å². The van der Waals surface area contributed by atoms with Crippen molar-refractivity contribution in [1.82, 2.24) is 9.97 Å². The third-order valence-corrected chi connectivity index (χ3v) is 4.32. The first-order valence-electron chi connectivity index (χ1n) is 8.15. The molecule has 1 aromatic heterocycles. The number of anilines is 2. The number of aromatic nitrogens is 2. The van der Waals surface area contributed by atoms with Gasteiger partial charge in [-0.3, -0.25) is 0 Å². The van der Waals surface area contributed by atoms with Crippen molar-refractivity contribution in [3.8, 4) is 0 Å². The zero-order valence-electron chi connectivity index (χ0n) is 13.6. The van der Waals surface area contributed by atoms with E-state index >= 15 is 0 Å². The number of nitrogens with one attached hydrogen (secondary N) is 2. The van der Waals surface area contributed by atoms with Gasteiger partial charge in [-0.05, 0) is 24.1 Å². The average molecular weight is 367 g/mol. The predicted molar refractivity (Wildman–Crippen MR) is 94.5 cm³/mol. The predicted octanol–water partition coefficient (Wildman–Crippen LogP) is 2.79. The van der Waals surface area contributed by atoms with E-state index < -0.39 is 0 Å². The van der Waals surface area contributed by atoms with E-state index in [4.69, 9.17) is 21.4 Å². The SMILES string of the molecule is OCCNc1nc(NCc2ccc(F)cc2Cl)cc([C@@H]2CCOC2)n1. The summed E-state index contributed by atoms with van der Waals surface area (Å²) in [5, 5.41) is 15.5. The Morgan fingerprint density at radius 3 is 2.88 bits per heavy atom. The van der Waals surface area contributed by atoms with Gasteiger partial charge in [0.05, 0.1) is 18.9 Å². The van der Waals surface area contributed by atoms with Crippen LogP contribution in [0.2, 0.25) is 5.02 Å². The summed E-state index contributed by atoms with van der Waals surface area (Å²) in [6, 6.07) is 6.19. The van der Waals surface area contributed by atoms with Crippen LogP contribution in [0.1, 0.15) is 23.6 Å². The lowest BCUT2D eigenvalue weighted by molar-refractivity contribution is 0.193. The number of ether oxygens (including phenoxy) is 1. The van der Waals surface area contributed by atoms with Gasteiger partial charge in [0.1, 0.15) is 11.6 Å². The molecule has 0 spiro atoms. The molecule has 8 heteroatoms. The zero-order chi connectivity index (χ0) is 17.6. The number of hydrogen-bond donors (Lipinski definition) is 3. The first kappa shape index (κ1) is 17.8. The molecule has 0 unspecified atom stereocenters. The van der Waals surface area contributed by atoms with Crippen molar-refractivity contribution in [3.63, 3.8) is 0 Å². The molecule has 3 rings (SSSR count). The molecule has 1 aliphatic heterocycles. The van der Waals surface area contributed by atoms with E-state index in [0.717, 1.165) is 24.3 Å². The number of hydrogen-bond acceptors (Lipinski definition) is 6. The molecule has 2 aromatic rings. The molecular weight excluding hydrogens is 347 g/mol. The van der Waals surface area contributed by atoms with Crippen molar-refractivity contribution < 1.29 is 14.2 Å². The molecule has 0 saturated carbocycles.